The van der Waals surface area contributed by atoms with Crippen LogP contribution in [0.25, 0.3) is 11.7 Å². The van der Waals surface area contributed by atoms with Gasteiger partial charge in [0.2, 0.25) is 0 Å². The Morgan fingerprint density at radius 2 is 2.06 bits per heavy atom. The third-order valence-corrected chi connectivity index (χ3v) is 7.47. The summed E-state index contributed by atoms with van der Waals surface area (Å²) in [7, 11) is 0. The molecule has 0 radical (unpaired) electrons. The van der Waals surface area contributed by atoms with Crippen LogP contribution in [0.3, 0.4) is 0 Å². The molecule has 10 heteroatoms. The van der Waals surface area contributed by atoms with Crippen molar-refractivity contribution < 1.29 is 9.53 Å². The van der Waals surface area contributed by atoms with E-state index in [4.69, 9.17) is 28.6 Å². The lowest BCUT2D eigenvalue weighted by Crippen LogP contribution is -2.28. The number of thioether (sulfide) groups is 1. The Labute approximate surface area is 210 Å². The van der Waals surface area contributed by atoms with Crippen LogP contribution in [0, 0.1) is 0 Å². The molecule has 2 aliphatic rings. The molecular formula is C24H21ClN4O3S2. The van der Waals surface area contributed by atoms with Crippen molar-refractivity contribution in [3.8, 4) is 0 Å². The highest BCUT2D eigenvalue weighted by molar-refractivity contribution is 8.26. The monoisotopic (exact) mass is 512 g/mol. The molecule has 0 aliphatic carbocycles. The maximum Gasteiger partial charge on any atom is 0.267 e. The number of benzene rings is 1. The van der Waals surface area contributed by atoms with Gasteiger partial charge in [0.1, 0.15) is 15.8 Å². The number of thiocarbonyl (C=S) groups is 1. The fourth-order valence-electron chi connectivity index (χ4n) is 3.95. The van der Waals surface area contributed by atoms with E-state index in [2.05, 4.69) is 10.3 Å². The van der Waals surface area contributed by atoms with Crippen LogP contribution in [-0.2, 0) is 16.1 Å². The lowest BCUT2D eigenvalue weighted by molar-refractivity contribution is -0.122. The molecule has 0 saturated carbocycles. The van der Waals surface area contributed by atoms with E-state index < -0.39 is 0 Å². The number of halogens is 1. The first-order valence-corrected chi connectivity index (χ1v) is 12.5. The number of carbonyl (C=O) groups is 1. The van der Waals surface area contributed by atoms with Gasteiger partial charge in [-0.1, -0.05) is 59.8 Å². The second kappa shape index (κ2) is 9.87. The van der Waals surface area contributed by atoms with Gasteiger partial charge in [-0.15, -0.1) is 0 Å². The number of pyridine rings is 1. The molecule has 174 valence electrons. The highest BCUT2D eigenvalue weighted by Gasteiger charge is 2.33. The van der Waals surface area contributed by atoms with Crippen molar-refractivity contribution in [1.29, 1.82) is 0 Å². The highest BCUT2D eigenvalue weighted by Crippen LogP contribution is 2.35. The van der Waals surface area contributed by atoms with E-state index in [1.54, 1.807) is 30.5 Å². The van der Waals surface area contributed by atoms with Crippen molar-refractivity contribution in [2.45, 2.75) is 25.5 Å². The molecule has 34 heavy (non-hydrogen) atoms. The molecule has 0 unspecified atom stereocenters. The topological polar surface area (TPSA) is 75.9 Å². The minimum atomic E-state index is -0.267. The van der Waals surface area contributed by atoms with E-state index in [0.717, 1.165) is 25.0 Å². The first kappa shape index (κ1) is 23.0. The summed E-state index contributed by atoms with van der Waals surface area (Å²) < 4.78 is 7.58. The summed E-state index contributed by atoms with van der Waals surface area (Å²) in [6.07, 6.45) is 5.28. The number of aromatic nitrogens is 2. The van der Waals surface area contributed by atoms with E-state index in [1.165, 1.54) is 21.1 Å². The molecule has 2 saturated heterocycles. The summed E-state index contributed by atoms with van der Waals surface area (Å²) in [6, 6.07) is 12.7. The van der Waals surface area contributed by atoms with Gasteiger partial charge < -0.3 is 10.1 Å². The van der Waals surface area contributed by atoms with E-state index in [9.17, 15) is 9.59 Å². The summed E-state index contributed by atoms with van der Waals surface area (Å²) in [6.45, 7) is 1.53. The Bertz CT molecular complexity index is 1370. The summed E-state index contributed by atoms with van der Waals surface area (Å²) in [4.78, 5) is 33.1. The minimum absolute atomic E-state index is 0.0673. The van der Waals surface area contributed by atoms with E-state index in [0.29, 0.717) is 37.8 Å². The molecule has 0 bridgehead atoms. The fourth-order valence-corrected chi connectivity index (χ4v) is 5.38. The van der Waals surface area contributed by atoms with Crippen LogP contribution in [0.1, 0.15) is 24.0 Å². The molecule has 1 aromatic carbocycles. The van der Waals surface area contributed by atoms with Crippen molar-refractivity contribution in [2.75, 3.05) is 18.5 Å². The molecule has 7 nitrogen and oxygen atoms in total. The zero-order valence-electron chi connectivity index (χ0n) is 18.1. The number of ether oxygens (including phenoxy) is 1. The average Bonchev–Trinajstić information content (AvgIpc) is 3.45. The van der Waals surface area contributed by atoms with Gasteiger partial charge in [0.25, 0.3) is 11.5 Å². The number of hydrogen-bond donors (Lipinski definition) is 1. The van der Waals surface area contributed by atoms with Crippen LogP contribution in [-0.4, -0.2) is 43.8 Å². The van der Waals surface area contributed by atoms with Gasteiger partial charge in [0.05, 0.1) is 23.1 Å². The predicted molar refractivity (Wildman–Crippen MR) is 139 cm³/mol. The zero-order chi connectivity index (χ0) is 23.7. The van der Waals surface area contributed by atoms with Crippen molar-refractivity contribution in [3.05, 3.63) is 80.1 Å². The van der Waals surface area contributed by atoms with Crippen LogP contribution < -0.4 is 10.9 Å². The van der Waals surface area contributed by atoms with Crippen molar-refractivity contribution in [1.82, 2.24) is 14.3 Å². The van der Waals surface area contributed by atoms with Gasteiger partial charge >= 0.3 is 0 Å². The Morgan fingerprint density at radius 1 is 1.24 bits per heavy atom. The van der Waals surface area contributed by atoms with Crippen LogP contribution in [0.15, 0.2) is 58.4 Å². The van der Waals surface area contributed by atoms with Crippen LogP contribution >= 0.6 is 35.6 Å². The number of anilines is 1. The molecule has 3 aromatic rings. The SMILES string of the molecule is O=C1/C(=C/c2c(NC[C@H]3CCCO3)nc3ccccn3c2=O)SC(=S)N1Cc1ccccc1Cl. The minimum Gasteiger partial charge on any atom is -0.376 e. The van der Waals surface area contributed by atoms with Crippen LogP contribution in [0.4, 0.5) is 5.82 Å². The highest BCUT2D eigenvalue weighted by atomic mass is 35.5. The third kappa shape index (κ3) is 4.61. The van der Waals surface area contributed by atoms with Crippen LogP contribution in [0.2, 0.25) is 5.02 Å². The van der Waals surface area contributed by atoms with Gasteiger partial charge in [-0.05, 0) is 42.7 Å². The van der Waals surface area contributed by atoms with E-state index >= 15 is 0 Å². The zero-order valence-corrected chi connectivity index (χ0v) is 20.5. The maximum atomic E-state index is 13.4. The standard InChI is InChI=1S/C24H21ClN4O3S2/c25-18-8-2-1-6-15(18)14-29-23(31)19(34-24(29)33)12-17-21(26-13-16-7-5-11-32-16)27-20-9-3-4-10-28(20)22(17)30/h1-4,6,8-10,12,16,26H,5,7,11,13-14H2/b19-12-/t16-/m1/s1. The molecular weight excluding hydrogens is 492 g/mol. The predicted octanol–water partition coefficient (Wildman–Crippen LogP) is 4.34. The average molecular weight is 513 g/mol. The van der Waals surface area contributed by atoms with Crippen molar-refractivity contribution in [3.63, 3.8) is 0 Å². The quantitative estimate of drug-likeness (QED) is 0.389. The third-order valence-electron chi connectivity index (χ3n) is 5.73. The Kier molecular flexibility index (Phi) is 6.69. The lowest BCUT2D eigenvalue weighted by atomic mass is 10.2. The molecule has 0 spiro atoms. The fraction of sp³-hybridized carbons (Fsp3) is 0.250. The van der Waals surface area contributed by atoms with Gasteiger partial charge in [0, 0.05) is 24.4 Å². The number of nitrogens with zero attached hydrogens (tertiary/aromatic N) is 3. The van der Waals surface area contributed by atoms with Crippen LogP contribution in [0.5, 0.6) is 0 Å². The molecule has 4 heterocycles. The molecule has 2 aliphatic heterocycles. The maximum absolute atomic E-state index is 13.4. The largest absolute Gasteiger partial charge is 0.376 e. The second-order valence-corrected chi connectivity index (χ2v) is 10.1. The summed E-state index contributed by atoms with van der Waals surface area (Å²) >= 11 is 12.9. The lowest BCUT2D eigenvalue weighted by Gasteiger charge is -2.15. The number of rotatable bonds is 6. The normalized spacial score (nSPS) is 19.5. The Balaban J connectivity index is 1.49. The first-order chi connectivity index (χ1) is 16.5. The molecule has 5 rings (SSSR count). The molecule has 1 atom stereocenters. The number of amides is 1. The Morgan fingerprint density at radius 3 is 2.85 bits per heavy atom. The van der Waals surface area contributed by atoms with Gasteiger partial charge in [-0.2, -0.15) is 0 Å². The second-order valence-electron chi connectivity index (χ2n) is 7.98. The first-order valence-electron chi connectivity index (χ1n) is 10.9. The van der Waals surface area contributed by atoms with Gasteiger partial charge in [0.15, 0.2) is 0 Å². The molecule has 2 aromatic heterocycles. The molecule has 2 fully saturated rings. The van der Waals surface area contributed by atoms with Gasteiger partial charge in [-0.25, -0.2) is 4.98 Å². The molecule has 1 N–H and O–H groups in total. The van der Waals surface area contributed by atoms with E-state index in [1.807, 2.05) is 24.3 Å². The molecule has 1 amide bonds. The summed E-state index contributed by atoms with van der Waals surface area (Å²) in [5, 5.41) is 3.84. The number of carbonyl (C=O) groups excluding carboxylic acids is 1. The Hall–Kier alpha value is -2.72. The van der Waals surface area contributed by atoms with Crippen molar-refractivity contribution in [2.24, 2.45) is 0 Å². The number of nitrogens with one attached hydrogen (secondary N) is 1. The summed E-state index contributed by atoms with van der Waals surface area (Å²) in [5.41, 5.74) is 1.36. The summed E-state index contributed by atoms with van der Waals surface area (Å²) in [5.74, 6) is 0.153. The number of hydrogen-bond acceptors (Lipinski definition) is 7. The number of fused-ring (bicyclic) bond motifs is 1. The van der Waals surface area contributed by atoms with Crippen molar-refractivity contribution >= 4 is 63.3 Å². The van der Waals surface area contributed by atoms with Gasteiger partial charge in [-0.3, -0.25) is 18.9 Å². The smallest absolute Gasteiger partial charge is 0.267 e. The van der Waals surface area contributed by atoms with E-state index in [-0.39, 0.29) is 24.1 Å².